The van der Waals surface area contributed by atoms with Gasteiger partial charge in [0.15, 0.2) is 0 Å². The summed E-state index contributed by atoms with van der Waals surface area (Å²) in [6.45, 7) is 7.88. The summed E-state index contributed by atoms with van der Waals surface area (Å²) in [4.78, 5) is 4.67. The minimum Gasteiger partial charge on any atom is -0.304 e. The Kier molecular flexibility index (Phi) is 6.88. The van der Waals surface area contributed by atoms with Gasteiger partial charge in [0.1, 0.15) is 11.6 Å². The van der Waals surface area contributed by atoms with Gasteiger partial charge in [-0.15, -0.1) is 0 Å². The highest BCUT2D eigenvalue weighted by atomic mass is 19.1. The van der Waals surface area contributed by atoms with Gasteiger partial charge in [-0.2, -0.15) is 0 Å². The van der Waals surface area contributed by atoms with Crippen molar-refractivity contribution in [3.8, 4) is 0 Å². The third-order valence-corrected chi connectivity index (χ3v) is 4.27. The molecule has 0 saturated carbocycles. The Morgan fingerprint density at radius 2 is 1.08 bits per heavy atom. The second-order valence-electron chi connectivity index (χ2n) is 5.84. The minimum atomic E-state index is -0.236. The second kappa shape index (κ2) is 8.90. The molecular weight excluding hydrogens is 306 g/mol. The van der Waals surface area contributed by atoms with Crippen LogP contribution in [0.4, 0.5) is 8.78 Å². The van der Waals surface area contributed by atoms with Crippen molar-refractivity contribution in [2.75, 3.05) is 33.2 Å². The minimum absolute atomic E-state index is 0.0369. The molecule has 0 spiro atoms. The van der Waals surface area contributed by atoms with Crippen molar-refractivity contribution in [2.24, 2.45) is 0 Å². The summed E-state index contributed by atoms with van der Waals surface area (Å²) in [6, 6.07) is 13.3. The van der Waals surface area contributed by atoms with E-state index in [9.17, 15) is 8.78 Å². The first kappa shape index (κ1) is 18.6. The van der Waals surface area contributed by atoms with E-state index < -0.39 is 0 Å². The van der Waals surface area contributed by atoms with Crippen LogP contribution in [0.15, 0.2) is 48.5 Å². The molecule has 4 heteroatoms. The number of nitrogens with zero attached hydrogens (tertiary/aromatic N) is 2. The molecule has 0 radical (unpaired) electrons. The normalized spacial score (nSPS) is 15.9. The Hall–Kier alpha value is -1.78. The fourth-order valence-corrected chi connectivity index (χ4v) is 2.98. The number of benzene rings is 2. The van der Waals surface area contributed by atoms with Crippen LogP contribution in [0, 0.1) is 11.6 Å². The van der Waals surface area contributed by atoms with Gasteiger partial charge in [-0.25, -0.2) is 8.78 Å². The average molecular weight is 332 g/mol. The summed E-state index contributed by atoms with van der Waals surface area (Å²) in [6.07, 6.45) is 0. The smallest absolute Gasteiger partial charge is 0.123 e. The molecule has 0 amide bonds. The molecular formula is C20H26F2N2. The van der Waals surface area contributed by atoms with Gasteiger partial charge in [0, 0.05) is 26.2 Å². The molecule has 2 nitrogen and oxygen atoms in total. The lowest BCUT2D eigenvalue weighted by molar-refractivity contribution is 0.127. The number of rotatable bonds is 3. The van der Waals surface area contributed by atoms with E-state index in [4.69, 9.17) is 0 Å². The van der Waals surface area contributed by atoms with Crippen LogP contribution in [-0.2, 0) is 0 Å². The van der Waals surface area contributed by atoms with Crippen LogP contribution >= 0.6 is 0 Å². The maximum absolute atomic E-state index is 13.2. The van der Waals surface area contributed by atoms with Gasteiger partial charge in [0.25, 0.3) is 0 Å². The molecule has 130 valence electrons. The highest BCUT2D eigenvalue weighted by Gasteiger charge is 2.25. The topological polar surface area (TPSA) is 6.48 Å². The molecule has 1 heterocycles. The largest absolute Gasteiger partial charge is 0.304 e. The summed E-state index contributed by atoms with van der Waals surface area (Å²) < 4.78 is 26.5. The van der Waals surface area contributed by atoms with Crippen molar-refractivity contribution in [1.29, 1.82) is 0 Å². The van der Waals surface area contributed by atoms with Crippen molar-refractivity contribution in [1.82, 2.24) is 9.80 Å². The molecule has 0 aromatic heterocycles. The van der Waals surface area contributed by atoms with Crippen LogP contribution in [0.1, 0.15) is 31.0 Å². The highest BCUT2D eigenvalue weighted by Crippen LogP contribution is 2.29. The van der Waals surface area contributed by atoms with E-state index >= 15 is 0 Å². The molecule has 0 bridgehead atoms. The van der Waals surface area contributed by atoms with Gasteiger partial charge in [0.2, 0.25) is 0 Å². The molecule has 2 aromatic rings. The molecule has 0 unspecified atom stereocenters. The average Bonchev–Trinajstić information content (AvgIpc) is 2.62. The second-order valence-corrected chi connectivity index (χ2v) is 5.84. The van der Waals surface area contributed by atoms with Crippen molar-refractivity contribution >= 4 is 0 Å². The highest BCUT2D eigenvalue weighted by molar-refractivity contribution is 5.32. The summed E-state index contributed by atoms with van der Waals surface area (Å²) in [5.74, 6) is -0.472. The van der Waals surface area contributed by atoms with Crippen molar-refractivity contribution in [3.63, 3.8) is 0 Å². The molecule has 2 aromatic carbocycles. The van der Waals surface area contributed by atoms with Crippen LogP contribution < -0.4 is 0 Å². The van der Waals surface area contributed by atoms with Crippen LogP contribution in [0.5, 0.6) is 0 Å². The SMILES string of the molecule is CC.CN1CCN(C(c2ccc(F)cc2)c2ccc(F)cc2)CC1. The quantitative estimate of drug-likeness (QED) is 0.825. The Labute approximate surface area is 143 Å². The Morgan fingerprint density at radius 3 is 1.46 bits per heavy atom. The Morgan fingerprint density at radius 1 is 0.708 bits per heavy atom. The van der Waals surface area contributed by atoms with E-state index in [0.717, 1.165) is 37.3 Å². The van der Waals surface area contributed by atoms with Gasteiger partial charge in [-0.1, -0.05) is 38.1 Å². The lowest BCUT2D eigenvalue weighted by Crippen LogP contribution is -2.46. The van der Waals surface area contributed by atoms with Crippen LogP contribution in [0.3, 0.4) is 0 Å². The maximum atomic E-state index is 13.2. The summed E-state index contributed by atoms with van der Waals surface area (Å²) in [5.41, 5.74) is 2.08. The number of hydrogen-bond acceptors (Lipinski definition) is 2. The standard InChI is InChI=1S/C18H20F2N2.C2H6/c1-21-10-12-22(13-11-21)18(14-2-6-16(19)7-3-14)15-4-8-17(20)9-5-15;1-2/h2-9,18H,10-13H2,1H3;1-2H3. The predicted octanol–water partition coefficient (Wildman–Crippen LogP) is 4.33. The van der Waals surface area contributed by atoms with Crippen molar-refractivity contribution in [2.45, 2.75) is 19.9 Å². The van der Waals surface area contributed by atoms with E-state index in [1.807, 2.05) is 38.1 Å². The Balaban J connectivity index is 0.00000100. The number of likely N-dealkylation sites (N-methyl/N-ethyl adjacent to an activating group) is 1. The predicted molar refractivity (Wildman–Crippen MR) is 95.1 cm³/mol. The Bertz CT molecular complexity index is 557. The monoisotopic (exact) mass is 332 g/mol. The van der Waals surface area contributed by atoms with E-state index in [0.29, 0.717) is 0 Å². The van der Waals surface area contributed by atoms with Gasteiger partial charge < -0.3 is 4.90 Å². The fraction of sp³-hybridized carbons (Fsp3) is 0.400. The first-order valence-corrected chi connectivity index (χ1v) is 8.57. The number of hydrogen-bond donors (Lipinski definition) is 0. The maximum Gasteiger partial charge on any atom is 0.123 e. The third kappa shape index (κ3) is 4.62. The van der Waals surface area contributed by atoms with Crippen LogP contribution in [0.2, 0.25) is 0 Å². The zero-order valence-electron chi connectivity index (χ0n) is 14.7. The van der Waals surface area contributed by atoms with Gasteiger partial charge in [0.05, 0.1) is 6.04 Å². The molecule has 3 rings (SSSR count). The van der Waals surface area contributed by atoms with E-state index in [-0.39, 0.29) is 17.7 Å². The zero-order valence-corrected chi connectivity index (χ0v) is 14.7. The van der Waals surface area contributed by atoms with E-state index in [1.165, 1.54) is 24.3 Å². The summed E-state index contributed by atoms with van der Waals surface area (Å²) >= 11 is 0. The third-order valence-electron chi connectivity index (χ3n) is 4.27. The van der Waals surface area contributed by atoms with Crippen LogP contribution in [-0.4, -0.2) is 43.0 Å². The van der Waals surface area contributed by atoms with Crippen LogP contribution in [0.25, 0.3) is 0 Å². The summed E-state index contributed by atoms with van der Waals surface area (Å²) in [7, 11) is 2.11. The van der Waals surface area contributed by atoms with Crippen molar-refractivity contribution in [3.05, 3.63) is 71.3 Å². The lowest BCUT2D eigenvalue weighted by atomic mass is 9.96. The van der Waals surface area contributed by atoms with Gasteiger partial charge in [-0.05, 0) is 42.4 Å². The summed E-state index contributed by atoms with van der Waals surface area (Å²) in [5, 5.41) is 0. The molecule has 0 N–H and O–H groups in total. The lowest BCUT2D eigenvalue weighted by Gasteiger charge is -2.38. The molecule has 1 aliphatic rings. The first-order valence-electron chi connectivity index (χ1n) is 8.57. The number of halogens is 2. The van der Waals surface area contributed by atoms with Gasteiger partial charge >= 0.3 is 0 Å². The van der Waals surface area contributed by atoms with Gasteiger partial charge in [-0.3, -0.25) is 4.90 Å². The van der Waals surface area contributed by atoms with Crippen molar-refractivity contribution < 1.29 is 8.78 Å². The van der Waals surface area contributed by atoms with E-state index in [2.05, 4.69) is 16.8 Å². The zero-order chi connectivity index (χ0) is 17.5. The first-order chi connectivity index (χ1) is 11.6. The molecule has 1 aliphatic heterocycles. The van der Waals surface area contributed by atoms with E-state index in [1.54, 1.807) is 0 Å². The molecule has 24 heavy (non-hydrogen) atoms. The molecule has 1 fully saturated rings. The molecule has 0 atom stereocenters. The number of piperazine rings is 1. The molecule has 0 aliphatic carbocycles. The molecule has 1 saturated heterocycles. The fourth-order valence-electron chi connectivity index (χ4n) is 2.98.